The van der Waals surface area contributed by atoms with E-state index in [4.69, 9.17) is 29.3 Å². The molecule has 2 rings (SSSR count). The minimum absolute atomic E-state index is 0.744. The standard InChI is InChI=1S/C17H21NO2.C2H2O4/c1-13-4-6-14(7-5-13)11-18-12-15-10-16(19-2)8-9-17(15)20-3;3-1(4)2(5)6/h4-10,18H,11-12H2,1-3H3;(H,3,4)(H,5,6). The van der Waals surface area contributed by atoms with Crippen LogP contribution in [0.2, 0.25) is 0 Å². The van der Waals surface area contributed by atoms with Gasteiger partial charge >= 0.3 is 11.9 Å². The summed E-state index contributed by atoms with van der Waals surface area (Å²) in [5.41, 5.74) is 3.65. The average molecular weight is 361 g/mol. The third-order valence-electron chi connectivity index (χ3n) is 3.44. The molecule has 7 heteroatoms. The maximum Gasteiger partial charge on any atom is 0.414 e. The van der Waals surface area contributed by atoms with Gasteiger partial charge in [-0.2, -0.15) is 0 Å². The number of rotatable bonds is 6. The highest BCUT2D eigenvalue weighted by Gasteiger charge is 2.05. The van der Waals surface area contributed by atoms with Crippen LogP contribution in [0.25, 0.3) is 0 Å². The van der Waals surface area contributed by atoms with E-state index in [0.717, 1.165) is 30.2 Å². The van der Waals surface area contributed by atoms with E-state index in [0.29, 0.717) is 0 Å². The highest BCUT2D eigenvalue weighted by atomic mass is 16.5. The first-order chi connectivity index (χ1) is 12.4. The molecule has 7 nitrogen and oxygen atoms in total. The molecule has 2 aromatic carbocycles. The number of aryl methyl sites for hydroxylation is 1. The second-order valence-electron chi connectivity index (χ2n) is 5.38. The van der Waals surface area contributed by atoms with Crippen LogP contribution >= 0.6 is 0 Å². The number of benzene rings is 2. The Kier molecular flexibility index (Phi) is 8.66. The van der Waals surface area contributed by atoms with Crippen LogP contribution in [0.15, 0.2) is 42.5 Å². The lowest BCUT2D eigenvalue weighted by Gasteiger charge is -2.11. The zero-order chi connectivity index (χ0) is 19.5. The number of hydrogen-bond acceptors (Lipinski definition) is 5. The van der Waals surface area contributed by atoms with Crippen molar-refractivity contribution in [3.63, 3.8) is 0 Å². The lowest BCUT2D eigenvalue weighted by Crippen LogP contribution is -2.13. The number of ether oxygens (including phenoxy) is 2. The van der Waals surface area contributed by atoms with E-state index in [9.17, 15) is 0 Å². The summed E-state index contributed by atoms with van der Waals surface area (Å²) in [7, 11) is 3.36. The van der Waals surface area contributed by atoms with Crippen molar-refractivity contribution < 1.29 is 29.3 Å². The first kappa shape index (κ1) is 21.0. The Morgan fingerprint density at radius 1 is 0.923 bits per heavy atom. The Morgan fingerprint density at radius 2 is 1.54 bits per heavy atom. The van der Waals surface area contributed by atoms with Gasteiger partial charge in [-0.1, -0.05) is 29.8 Å². The van der Waals surface area contributed by atoms with Crippen LogP contribution in [0, 0.1) is 6.92 Å². The first-order valence-electron chi connectivity index (χ1n) is 7.80. The summed E-state index contributed by atoms with van der Waals surface area (Å²) in [6, 6.07) is 14.4. The van der Waals surface area contributed by atoms with Gasteiger partial charge < -0.3 is 25.0 Å². The summed E-state index contributed by atoms with van der Waals surface area (Å²) in [6.07, 6.45) is 0. The lowest BCUT2D eigenvalue weighted by atomic mass is 10.1. The van der Waals surface area contributed by atoms with Crippen molar-refractivity contribution in [1.82, 2.24) is 5.32 Å². The van der Waals surface area contributed by atoms with Crippen molar-refractivity contribution in [2.75, 3.05) is 14.2 Å². The fourth-order valence-electron chi connectivity index (χ4n) is 2.07. The molecule has 0 amide bonds. The minimum atomic E-state index is -1.82. The van der Waals surface area contributed by atoms with Crippen molar-refractivity contribution >= 4 is 11.9 Å². The Balaban J connectivity index is 0.000000487. The predicted octanol–water partition coefficient (Wildman–Crippen LogP) is 2.46. The molecule has 0 radical (unpaired) electrons. The van der Waals surface area contributed by atoms with Gasteiger partial charge in [-0.05, 0) is 30.7 Å². The topological polar surface area (TPSA) is 105 Å². The average Bonchev–Trinajstić information content (AvgIpc) is 2.63. The van der Waals surface area contributed by atoms with Crippen LogP contribution in [0.1, 0.15) is 16.7 Å². The minimum Gasteiger partial charge on any atom is -0.497 e. The van der Waals surface area contributed by atoms with E-state index in [1.165, 1.54) is 11.1 Å². The van der Waals surface area contributed by atoms with E-state index in [2.05, 4.69) is 36.5 Å². The van der Waals surface area contributed by atoms with Gasteiger partial charge in [-0.25, -0.2) is 9.59 Å². The molecular formula is C19H23NO6. The molecule has 26 heavy (non-hydrogen) atoms. The normalized spacial score (nSPS) is 9.65. The summed E-state index contributed by atoms with van der Waals surface area (Å²) >= 11 is 0. The maximum absolute atomic E-state index is 9.10. The van der Waals surface area contributed by atoms with Crippen LogP contribution < -0.4 is 14.8 Å². The monoisotopic (exact) mass is 361 g/mol. The van der Waals surface area contributed by atoms with Crippen molar-refractivity contribution in [2.24, 2.45) is 0 Å². The SMILES string of the molecule is COc1ccc(OC)c(CNCc2ccc(C)cc2)c1.O=C(O)C(=O)O. The molecule has 0 aliphatic heterocycles. The number of hydrogen-bond donors (Lipinski definition) is 3. The predicted molar refractivity (Wildman–Crippen MR) is 96.5 cm³/mol. The van der Waals surface area contributed by atoms with E-state index in [1.807, 2.05) is 18.2 Å². The highest BCUT2D eigenvalue weighted by Crippen LogP contribution is 2.23. The fourth-order valence-corrected chi connectivity index (χ4v) is 2.07. The zero-order valence-corrected chi connectivity index (χ0v) is 15.0. The summed E-state index contributed by atoms with van der Waals surface area (Å²) < 4.78 is 10.6. The molecule has 2 aromatic rings. The van der Waals surface area contributed by atoms with Crippen LogP contribution in [0.4, 0.5) is 0 Å². The second kappa shape index (κ2) is 10.7. The molecule has 0 spiro atoms. The lowest BCUT2D eigenvalue weighted by molar-refractivity contribution is -0.159. The van der Waals surface area contributed by atoms with Crippen molar-refractivity contribution in [3.8, 4) is 11.5 Å². The van der Waals surface area contributed by atoms with E-state index in [-0.39, 0.29) is 0 Å². The van der Waals surface area contributed by atoms with Gasteiger partial charge in [0.15, 0.2) is 0 Å². The number of carboxylic acid groups (broad SMARTS) is 2. The van der Waals surface area contributed by atoms with Crippen LogP contribution in [-0.4, -0.2) is 36.4 Å². The second-order valence-corrected chi connectivity index (χ2v) is 5.38. The summed E-state index contributed by atoms with van der Waals surface area (Å²) in [4.78, 5) is 18.2. The van der Waals surface area contributed by atoms with Crippen molar-refractivity contribution in [3.05, 3.63) is 59.2 Å². The van der Waals surface area contributed by atoms with Crippen molar-refractivity contribution in [2.45, 2.75) is 20.0 Å². The summed E-state index contributed by atoms with van der Waals surface area (Å²) in [6.45, 7) is 3.67. The van der Waals surface area contributed by atoms with Gasteiger partial charge in [0.25, 0.3) is 0 Å². The number of carboxylic acids is 2. The largest absolute Gasteiger partial charge is 0.497 e. The molecule has 0 aliphatic carbocycles. The number of aliphatic carboxylic acids is 2. The van der Waals surface area contributed by atoms with Crippen LogP contribution in [0.3, 0.4) is 0 Å². The Labute approximate surface area is 152 Å². The molecule has 0 aliphatic rings. The smallest absolute Gasteiger partial charge is 0.414 e. The summed E-state index contributed by atoms with van der Waals surface area (Å²) in [5, 5.41) is 18.2. The molecule has 140 valence electrons. The number of methoxy groups -OCH3 is 2. The highest BCUT2D eigenvalue weighted by molar-refractivity contribution is 6.27. The van der Waals surface area contributed by atoms with Gasteiger partial charge in [-0.15, -0.1) is 0 Å². The number of carbonyl (C=O) groups is 2. The van der Waals surface area contributed by atoms with E-state index in [1.54, 1.807) is 14.2 Å². The molecule has 0 saturated carbocycles. The number of nitrogens with one attached hydrogen (secondary N) is 1. The molecule has 0 saturated heterocycles. The zero-order valence-electron chi connectivity index (χ0n) is 15.0. The van der Waals surface area contributed by atoms with Gasteiger partial charge in [0.1, 0.15) is 11.5 Å². The van der Waals surface area contributed by atoms with Gasteiger partial charge in [0.2, 0.25) is 0 Å². The molecule has 0 bridgehead atoms. The fraction of sp³-hybridized carbons (Fsp3) is 0.263. The first-order valence-corrected chi connectivity index (χ1v) is 7.80. The van der Waals surface area contributed by atoms with Gasteiger partial charge in [-0.3, -0.25) is 0 Å². The third-order valence-corrected chi connectivity index (χ3v) is 3.44. The molecule has 0 heterocycles. The van der Waals surface area contributed by atoms with Crippen LogP contribution in [-0.2, 0) is 22.7 Å². The van der Waals surface area contributed by atoms with Gasteiger partial charge in [0.05, 0.1) is 14.2 Å². The molecule has 0 fully saturated rings. The van der Waals surface area contributed by atoms with E-state index >= 15 is 0 Å². The Bertz CT molecular complexity index is 715. The van der Waals surface area contributed by atoms with E-state index < -0.39 is 11.9 Å². The molecule has 0 atom stereocenters. The quantitative estimate of drug-likeness (QED) is 0.679. The molecule has 0 unspecified atom stereocenters. The summed E-state index contributed by atoms with van der Waals surface area (Å²) in [5.74, 6) is -1.93. The third kappa shape index (κ3) is 7.23. The van der Waals surface area contributed by atoms with Gasteiger partial charge in [0, 0.05) is 18.7 Å². The Hall–Kier alpha value is -3.06. The molecule has 3 N–H and O–H groups in total. The Morgan fingerprint density at radius 3 is 2.04 bits per heavy atom. The molecule has 0 aromatic heterocycles. The van der Waals surface area contributed by atoms with Crippen LogP contribution in [0.5, 0.6) is 11.5 Å². The maximum atomic E-state index is 9.10. The van der Waals surface area contributed by atoms with Crippen molar-refractivity contribution in [1.29, 1.82) is 0 Å². The molecular weight excluding hydrogens is 338 g/mol.